The van der Waals surface area contributed by atoms with Crippen LogP contribution in [0, 0.1) is 11.3 Å². The van der Waals surface area contributed by atoms with Crippen molar-refractivity contribution in [3.8, 4) is 6.07 Å². The van der Waals surface area contributed by atoms with Gasteiger partial charge in [-0.3, -0.25) is 4.79 Å². The summed E-state index contributed by atoms with van der Waals surface area (Å²) in [7, 11) is 1.78. The molecule has 0 atom stereocenters. The first-order chi connectivity index (χ1) is 12.6. The monoisotopic (exact) mass is 347 g/mol. The number of nitriles is 1. The second-order valence-electron chi connectivity index (χ2n) is 6.12. The summed E-state index contributed by atoms with van der Waals surface area (Å²) in [5.41, 5.74) is 3.60. The maximum Gasteiger partial charge on any atom is 0.254 e. The van der Waals surface area contributed by atoms with Crippen molar-refractivity contribution in [3.63, 3.8) is 0 Å². The minimum atomic E-state index is 0.0362. The third-order valence-corrected chi connectivity index (χ3v) is 4.34. The lowest BCUT2D eigenvalue weighted by Gasteiger charge is -2.10. The number of carbonyl (C=O) groups is 1. The summed E-state index contributed by atoms with van der Waals surface area (Å²) in [4.78, 5) is 25.7. The van der Waals surface area contributed by atoms with E-state index >= 15 is 0 Å². The lowest BCUT2D eigenvalue weighted by atomic mass is 10.1. The number of aromatic amines is 1. The standard InChI is InChI=1S/C18H17N7O/c1-3-20-15-14-11(7-19)8-21-16(14)24-18(23-15)22-12-4-5-13-10(6-12)9-25(2)17(13)26/h4-6,8H,3,9H2,1-2H3,(H3,20,21,22,23,24). The highest BCUT2D eigenvalue weighted by Gasteiger charge is 2.24. The quantitative estimate of drug-likeness (QED) is 0.669. The molecule has 8 nitrogen and oxygen atoms in total. The minimum absolute atomic E-state index is 0.0362. The molecule has 0 saturated carbocycles. The summed E-state index contributed by atoms with van der Waals surface area (Å²) in [6, 6.07) is 7.74. The van der Waals surface area contributed by atoms with Crippen LogP contribution in [-0.4, -0.2) is 39.4 Å². The third-order valence-electron chi connectivity index (χ3n) is 4.34. The van der Waals surface area contributed by atoms with Crippen LogP contribution in [0.3, 0.4) is 0 Å². The number of rotatable bonds is 4. The van der Waals surface area contributed by atoms with E-state index in [0.717, 1.165) is 16.8 Å². The van der Waals surface area contributed by atoms with Gasteiger partial charge < -0.3 is 20.5 Å². The molecule has 0 fully saturated rings. The van der Waals surface area contributed by atoms with Gasteiger partial charge in [-0.2, -0.15) is 15.2 Å². The van der Waals surface area contributed by atoms with Crippen molar-refractivity contribution < 1.29 is 4.79 Å². The Kier molecular flexibility index (Phi) is 3.69. The zero-order valence-corrected chi connectivity index (χ0v) is 14.4. The number of hydrogen-bond donors (Lipinski definition) is 3. The summed E-state index contributed by atoms with van der Waals surface area (Å²) in [6.07, 6.45) is 1.63. The molecule has 1 amide bonds. The molecular weight excluding hydrogens is 330 g/mol. The average molecular weight is 347 g/mol. The van der Waals surface area contributed by atoms with Crippen molar-refractivity contribution in [2.75, 3.05) is 24.2 Å². The van der Waals surface area contributed by atoms with E-state index in [-0.39, 0.29) is 5.91 Å². The number of carbonyl (C=O) groups excluding carboxylic acids is 1. The minimum Gasteiger partial charge on any atom is -0.370 e. The number of hydrogen-bond acceptors (Lipinski definition) is 6. The average Bonchev–Trinajstić information content (AvgIpc) is 3.16. The molecule has 130 valence electrons. The Hall–Kier alpha value is -3.60. The largest absolute Gasteiger partial charge is 0.370 e. The Morgan fingerprint density at radius 3 is 3.00 bits per heavy atom. The van der Waals surface area contributed by atoms with E-state index in [1.54, 1.807) is 18.1 Å². The van der Waals surface area contributed by atoms with Gasteiger partial charge in [-0.25, -0.2) is 0 Å². The second kappa shape index (κ2) is 6.04. The van der Waals surface area contributed by atoms with Crippen LogP contribution < -0.4 is 10.6 Å². The summed E-state index contributed by atoms with van der Waals surface area (Å²) < 4.78 is 0. The van der Waals surface area contributed by atoms with Gasteiger partial charge in [0, 0.05) is 37.6 Å². The van der Waals surface area contributed by atoms with Crippen LogP contribution in [0.5, 0.6) is 0 Å². The fourth-order valence-corrected chi connectivity index (χ4v) is 3.15. The zero-order valence-electron chi connectivity index (χ0n) is 14.4. The van der Waals surface area contributed by atoms with E-state index in [1.165, 1.54) is 0 Å². The van der Waals surface area contributed by atoms with Gasteiger partial charge in [0.05, 0.1) is 10.9 Å². The number of amides is 1. The van der Waals surface area contributed by atoms with Gasteiger partial charge in [0.2, 0.25) is 5.95 Å². The van der Waals surface area contributed by atoms with Crippen molar-refractivity contribution in [2.24, 2.45) is 0 Å². The molecule has 0 saturated heterocycles. The van der Waals surface area contributed by atoms with Crippen molar-refractivity contribution >= 4 is 34.4 Å². The fraction of sp³-hybridized carbons (Fsp3) is 0.222. The van der Waals surface area contributed by atoms with Gasteiger partial charge in [-0.15, -0.1) is 0 Å². The van der Waals surface area contributed by atoms with E-state index in [2.05, 4.69) is 31.7 Å². The first kappa shape index (κ1) is 15.9. The SMILES string of the molecule is CCNc1nc(Nc2ccc3c(c2)CN(C)C3=O)nc2[nH]cc(C#N)c12. The molecule has 2 aromatic heterocycles. The highest BCUT2D eigenvalue weighted by atomic mass is 16.2. The number of aromatic nitrogens is 3. The molecule has 0 aliphatic carbocycles. The highest BCUT2D eigenvalue weighted by molar-refractivity contribution is 5.98. The van der Waals surface area contributed by atoms with Crippen molar-refractivity contribution in [3.05, 3.63) is 41.1 Å². The summed E-state index contributed by atoms with van der Waals surface area (Å²) in [5, 5.41) is 16.3. The normalized spacial score (nSPS) is 13.0. The highest BCUT2D eigenvalue weighted by Crippen LogP contribution is 2.28. The smallest absolute Gasteiger partial charge is 0.254 e. The molecule has 8 heteroatoms. The number of H-pyrrole nitrogens is 1. The predicted molar refractivity (Wildman–Crippen MR) is 98.3 cm³/mol. The van der Waals surface area contributed by atoms with Crippen LogP contribution >= 0.6 is 0 Å². The summed E-state index contributed by atoms with van der Waals surface area (Å²) >= 11 is 0. The molecule has 0 unspecified atom stereocenters. The van der Waals surface area contributed by atoms with E-state index in [9.17, 15) is 10.1 Å². The van der Waals surface area contributed by atoms with Gasteiger partial charge in [0.25, 0.3) is 5.91 Å². The molecule has 3 heterocycles. The lowest BCUT2D eigenvalue weighted by molar-refractivity contribution is 0.0816. The lowest BCUT2D eigenvalue weighted by Crippen LogP contribution is -2.17. The fourth-order valence-electron chi connectivity index (χ4n) is 3.15. The van der Waals surface area contributed by atoms with E-state index in [1.807, 2.05) is 25.1 Å². The maximum absolute atomic E-state index is 12.0. The number of nitrogens with zero attached hydrogens (tertiary/aromatic N) is 4. The molecule has 1 aliphatic rings. The molecular formula is C18H17N7O. The number of anilines is 3. The Morgan fingerprint density at radius 1 is 1.38 bits per heavy atom. The van der Waals surface area contributed by atoms with Gasteiger partial charge in [-0.05, 0) is 30.7 Å². The Balaban J connectivity index is 1.71. The van der Waals surface area contributed by atoms with Gasteiger partial charge in [-0.1, -0.05) is 0 Å². The van der Waals surface area contributed by atoms with E-state index in [0.29, 0.717) is 41.5 Å². The van der Waals surface area contributed by atoms with Crippen molar-refractivity contribution in [2.45, 2.75) is 13.5 Å². The molecule has 0 spiro atoms. The van der Waals surface area contributed by atoms with Crippen LogP contribution in [0.4, 0.5) is 17.5 Å². The molecule has 3 aromatic rings. The third kappa shape index (κ3) is 2.50. The first-order valence-electron chi connectivity index (χ1n) is 8.29. The number of fused-ring (bicyclic) bond motifs is 2. The zero-order chi connectivity index (χ0) is 18.3. The maximum atomic E-state index is 12.0. The van der Waals surface area contributed by atoms with Crippen molar-refractivity contribution in [1.82, 2.24) is 19.9 Å². The van der Waals surface area contributed by atoms with E-state index in [4.69, 9.17) is 0 Å². The molecule has 3 N–H and O–H groups in total. The van der Waals surface area contributed by atoms with Crippen LogP contribution in [0.1, 0.15) is 28.4 Å². The topological polar surface area (TPSA) is 110 Å². The van der Waals surface area contributed by atoms with Crippen molar-refractivity contribution in [1.29, 1.82) is 5.26 Å². The summed E-state index contributed by atoms with van der Waals surface area (Å²) in [5.74, 6) is 1.06. The van der Waals surface area contributed by atoms with Crippen LogP contribution in [0.15, 0.2) is 24.4 Å². The van der Waals surface area contributed by atoms with Crippen LogP contribution in [-0.2, 0) is 6.54 Å². The Labute approximate surface area is 149 Å². The molecule has 0 bridgehead atoms. The first-order valence-corrected chi connectivity index (χ1v) is 8.29. The predicted octanol–water partition coefficient (Wildman–Crippen LogP) is 2.59. The van der Waals surface area contributed by atoms with Gasteiger partial charge in [0.1, 0.15) is 17.5 Å². The number of nitrogens with one attached hydrogen (secondary N) is 3. The van der Waals surface area contributed by atoms with Crippen LogP contribution in [0.2, 0.25) is 0 Å². The van der Waals surface area contributed by atoms with Gasteiger partial charge in [0.15, 0.2) is 0 Å². The molecule has 26 heavy (non-hydrogen) atoms. The second-order valence-corrected chi connectivity index (χ2v) is 6.12. The molecule has 0 radical (unpaired) electrons. The number of benzene rings is 1. The Bertz CT molecular complexity index is 1060. The van der Waals surface area contributed by atoms with Crippen LogP contribution in [0.25, 0.3) is 11.0 Å². The molecule has 1 aromatic carbocycles. The molecule has 4 rings (SSSR count). The Morgan fingerprint density at radius 2 is 2.23 bits per heavy atom. The molecule has 1 aliphatic heterocycles. The summed E-state index contributed by atoms with van der Waals surface area (Å²) in [6.45, 7) is 3.23. The van der Waals surface area contributed by atoms with E-state index < -0.39 is 0 Å². The van der Waals surface area contributed by atoms with Gasteiger partial charge >= 0.3 is 0 Å².